The average molecular weight is 433 g/mol. The van der Waals surface area contributed by atoms with Crippen molar-refractivity contribution in [2.24, 2.45) is 5.92 Å². The number of nitro benzene ring substituents is 1. The molecule has 1 saturated heterocycles. The second-order valence-electron chi connectivity index (χ2n) is 7.56. The summed E-state index contributed by atoms with van der Waals surface area (Å²) in [6, 6.07) is 17.8. The maximum absolute atomic E-state index is 12.9. The van der Waals surface area contributed by atoms with Gasteiger partial charge in [0.05, 0.1) is 35.4 Å². The molecular weight excluding hydrogens is 410 g/mol. The van der Waals surface area contributed by atoms with Gasteiger partial charge in [0.2, 0.25) is 5.91 Å². The van der Waals surface area contributed by atoms with Crippen LogP contribution in [0, 0.1) is 16.0 Å². The lowest BCUT2D eigenvalue weighted by atomic mass is 9.97. The number of non-ortho nitro benzene ring substituents is 1. The van der Waals surface area contributed by atoms with Crippen molar-refractivity contribution in [3.05, 3.63) is 70.8 Å². The number of nitro groups is 1. The predicted molar refractivity (Wildman–Crippen MR) is 121 cm³/mol. The Balaban J connectivity index is 1.44. The van der Waals surface area contributed by atoms with Gasteiger partial charge in [-0.25, -0.2) is 0 Å². The molecule has 0 aliphatic carbocycles. The van der Waals surface area contributed by atoms with Gasteiger partial charge >= 0.3 is 0 Å². The summed E-state index contributed by atoms with van der Waals surface area (Å²) in [5, 5.41) is 22.5. The number of hydrogen-bond acceptors (Lipinski definition) is 7. The lowest BCUT2D eigenvalue weighted by Gasteiger charge is -2.32. The number of aromatic nitrogens is 2. The molecule has 4 rings (SSSR count). The number of piperidine rings is 1. The minimum atomic E-state index is -0.503. The molecule has 1 aliphatic heterocycles. The molecule has 0 bridgehead atoms. The number of nitrogens with zero attached hydrogens (tertiary/aromatic N) is 4. The smallest absolute Gasteiger partial charge is 0.273 e. The highest BCUT2D eigenvalue weighted by Gasteiger charge is 2.27. The molecule has 0 spiro atoms. The number of carbonyl (C=O) groups is 1. The SMILES string of the molecule is COc1cc([N+](=O)[O-])ccc1NC(=O)C1CCCN(c2ccc(-c3ccccc3)nn2)C1. The highest BCUT2D eigenvalue weighted by Crippen LogP contribution is 2.30. The molecule has 164 valence electrons. The first-order valence-electron chi connectivity index (χ1n) is 10.3. The number of amides is 1. The molecule has 0 saturated carbocycles. The first-order valence-corrected chi connectivity index (χ1v) is 10.3. The van der Waals surface area contributed by atoms with Crippen molar-refractivity contribution in [2.45, 2.75) is 12.8 Å². The molecule has 1 unspecified atom stereocenters. The molecule has 1 fully saturated rings. The minimum Gasteiger partial charge on any atom is -0.494 e. The van der Waals surface area contributed by atoms with Gasteiger partial charge < -0.3 is 15.0 Å². The quantitative estimate of drug-likeness (QED) is 0.463. The fraction of sp³-hybridized carbons (Fsp3) is 0.261. The molecule has 0 radical (unpaired) electrons. The van der Waals surface area contributed by atoms with Crippen LogP contribution in [0.2, 0.25) is 0 Å². The number of ether oxygens (including phenoxy) is 1. The highest BCUT2D eigenvalue weighted by atomic mass is 16.6. The van der Waals surface area contributed by atoms with Crippen LogP contribution in [0.25, 0.3) is 11.3 Å². The molecule has 9 heteroatoms. The van der Waals surface area contributed by atoms with Crippen molar-refractivity contribution >= 4 is 23.1 Å². The van der Waals surface area contributed by atoms with Gasteiger partial charge in [-0.3, -0.25) is 14.9 Å². The van der Waals surface area contributed by atoms with Crippen molar-refractivity contribution in [1.82, 2.24) is 10.2 Å². The molecule has 1 amide bonds. The Bertz CT molecular complexity index is 1110. The number of anilines is 2. The van der Waals surface area contributed by atoms with Crippen LogP contribution in [0.15, 0.2) is 60.7 Å². The van der Waals surface area contributed by atoms with Gasteiger partial charge in [-0.1, -0.05) is 30.3 Å². The number of carbonyl (C=O) groups excluding carboxylic acids is 1. The first kappa shape index (κ1) is 21.2. The Labute approximate surface area is 185 Å². The maximum Gasteiger partial charge on any atom is 0.273 e. The molecular formula is C23H23N5O4. The van der Waals surface area contributed by atoms with Crippen LogP contribution in [0.4, 0.5) is 17.2 Å². The Kier molecular flexibility index (Phi) is 6.25. The van der Waals surface area contributed by atoms with Gasteiger partial charge in [-0.15, -0.1) is 10.2 Å². The predicted octanol–water partition coefficient (Wildman–Crippen LogP) is 3.92. The van der Waals surface area contributed by atoms with Crippen molar-refractivity contribution in [3.63, 3.8) is 0 Å². The summed E-state index contributed by atoms with van der Waals surface area (Å²) in [6.07, 6.45) is 1.59. The van der Waals surface area contributed by atoms with E-state index in [9.17, 15) is 14.9 Å². The van der Waals surface area contributed by atoms with Crippen molar-refractivity contribution in [3.8, 4) is 17.0 Å². The monoisotopic (exact) mass is 433 g/mol. The Morgan fingerprint density at radius 3 is 2.66 bits per heavy atom. The van der Waals surface area contributed by atoms with E-state index in [2.05, 4.69) is 20.4 Å². The highest BCUT2D eigenvalue weighted by molar-refractivity contribution is 5.94. The van der Waals surface area contributed by atoms with Crippen molar-refractivity contribution < 1.29 is 14.5 Å². The van der Waals surface area contributed by atoms with Gasteiger partial charge in [0.25, 0.3) is 5.69 Å². The standard InChI is InChI=1S/C23H23N5O4/c1-32-21-14-18(28(30)31)9-10-20(21)24-23(29)17-8-5-13-27(15-17)22-12-11-19(25-26-22)16-6-3-2-4-7-16/h2-4,6-7,9-12,14,17H,5,8,13,15H2,1H3,(H,24,29). The maximum atomic E-state index is 12.9. The van der Waals surface area contributed by atoms with Gasteiger partial charge in [0.1, 0.15) is 5.75 Å². The van der Waals surface area contributed by atoms with E-state index in [4.69, 9.17) is 4.74 Å². The molecule has 2 aromatic carbocycles. The second-order valence-corrected chi connectivity index (χ2v) is 7.56. The molecule has 32 heavy (non-hydrogen) atoms. The van der Waals surface area contributed by atoms with E-state index in [1.165, 1.54) is 25.3 Å². The Morgan fingerprint density at radius 2 is 1.97 bits per heavy atom. The van der Waals surface area contributed by atoms with Crippen LogP contribution >= 0.6 is 0 Å². The summed E-state index contributed by atoms with van der Waals surface area (Å²) in [7, 11) is 1.41. The van der Waals surface area contributed by atoms with Crippen molar-refractivity contribution in [2.75, 3.05) is 30.4 Å². The van der Waals surface area contributed by atoms with Crippen LogP contribution in [0.3, 0.4) is 0 Å². The average Bonchev–Trinajstić information content (AvgIpc) is 2.85. The normalized spacial score (nSPS) is 15.8. The van der Waals surface area contributed by atoms with Crippen LogP contribution in [0.5, 0.6) is 5.75 Å². The van der Waals surface area contributed by atoms with Crippen molar-refractivity contribution in [1.29, 1.82) is 0 Å². The van der Waals surface area contributed by atoms with E-state index in [1.54, 1.807) is 0 Å². The van der Waals surface area contributed by atoms with E-state index in [-0.39, 0.29) is 23.3 Å². The minimum absolute atomic E-state index is 0.0961. The number of hydrogen-bond donors (Lipinski definition) is 1. The fourth-order valence-corrected chi connectivity index (χ4v) is 3.79. The van der Waals surface area contributed by atoms with Crippen LogP contribution in [-0.4, -0.2) is 41.2 Å². The van der Waals surface area contributed by atoms with Crippen LogP contribution in [0.1, 0.15) is 12.8 Å². The van der Waals surface area contributed by atoms with Gasteiger partial charge in [0, 0.05) is 24.7 Å². The second kappa shape index (κ2) is 9.42. The molecule has 9 nitrogen and oxygen atoms in total. The third kappa shape index (κ3) is 4.66. The fourth-order valence-electron chi connectivity index (χ4n) is 3.79. The lowest BCUT2D eigenvalue weighted by Crippen LogP contribution is -2.41. The van der Waals surface area contributed by atoms with Gasteiger partial charge in [0.15, 0.2) is 5.82 Å². The third-order valence-electron chi connectivity index (χ3n) is 5.49. The summed E-state index contributed by atoms with van der Waals surface area (Å²) >= 11 is 0. The zero-order chi connectivity index (χ0) is 22.5. The molecule has 3 aromatic rings. The molecule has 2 heterocycles. The number of nitrogens with one attached hydrogen (secondary N) is 1. The van der Waals surface area contributed by atoms with Gasteiger partial charge in [-0.2, -0.15) is 0 Å². The summed E-state index contributed by atoms with van der Waals surface area (Å²) in [5.41, 5.74) is 2.11. The zero-order valence-electron chi connectivity index (χ0n) is 17.6. The first-order chi connectivity index (χ1) is 15.5. The number of methoxy groups -OCH3 is 1. The largest absolute Gasteiger partial charge is 0.494 e. The molecule has 1 aliphatic rings. The lowest BCUT2D eigenvalue weighted by molar-refractivity contribution is -0.384. The summed E-state index contributed by atoms with van der Waals surface area (Å²) in [4.78, 5) is 25.4. The Hall–Kier alpha value is -4.01. The van der Waals surface area contributed by atoms with Gasteiger partial charge in [-0.05, 0) is 31.0 Å². The van der Waals surface area contributed by atoms with Crippen LogP contribution in [-0.2, 0) is 4.79 Å². The zero-order valence-corrected chi connectivity index (χ0v) is 17.6. The van der Waals surface area contributed by atoms with E-state index in [1.807, 2.05) is 42.5 Å². The van der Waals surface area contributed by atoms with E-state index >= 15 is 0 Å². The third-order valence-corrected chi connectivity index (χ3v) is 5.49. The Morgan fingerprint density at radius 1 is 1.16 bits per heavy atom. The number of benzene rings is 2. The summed E-state index contributed by atoms with van der Waals surface area (Å²) in [6.45, 7) is 1.31. The molecule has 1 N–H and O–H groups in total. The molecule has 1 aromatic heterocycles. The topological polar surface area (TPSA) is 110 Å². The van der Waals surface area contributed by atoms with E-state index in [0.717, 1.165) is 36.5 Å². The molecule has 1 atom stereocenters. The summed E-state index contributed by atoms with van der Waals surface area (Å²) in [5.74, 6) is 0.577. The number of rotatable bonds is 6. The summed E-state index contributed by atoms with van der Waals surface area (Å²) < 4.78 is 5.21. The van der Waals surface area contributed by atoms with Crippen LogP contribution < -0.4 is 15.0 Å². The van der Waals surface area contributed by atoms with E-state index < -0.39 is 4.92 Å². The van der Waals surface area contributed by atoms with E-state index in [0.29, 0.717) is 12.2 Å².